The molecule has 0 aromatic carbocycles. The van der Waals surface area contributed by atoms with Crippen LogP contribution in [0, 0.1) is 35.5 Å². The monoisotopic (exact) mass is 626 g/mol. The molecule has 0 bridgehead atoms. The Morgan fingerprint density at radius 1 is 0.630 bits per heavy atom. The minimum Gasteiger partial charge on any atom is -0.495 e. The van der Waals surface area contributed by atoms with Gasteiger partial charge in [0.15, 0.2) is 0 Å². The van der Waals surface area contributed by atoms with Crippen molar-refractivity contribution in [2.75, 3.05) is 39.6 Å². The van der Waals surface area contributed by atoms with E-state index in [1.807, 2.05) is 0 Å². The molecule has 7 nitrogen and oxygen atoms in total. The molecule has 0 amide bonds. The first-order chi connectivity index (χ1) is 22.7. The Kier molecular flexibility index (Phi) is 7.96. The molecule has 9 unspecified atom stereocenters. The Balaban J connectivity index is 0.933. The lowest BCUT2D eigenvalue weighted by Gasteiger charge is -2.40. The zero-order valence-corrected chi connectivity index (χ0v) is 26.6. The van der Waals surface area contributed by atoms with Crippen molar-refractivity contribution < 1.29 is 33.2 Å². The molecule has 46 heavy (non-hydrogen) atoms. The topological polar surface area (TPSA) is 74.5 Å². The summed E-state index contributed by atoms with van der Waals surface area (Å²) >= 11 is 0. The van der Waals surface area contributed by atoms with Crippen LogP contribution < -0.4 is 0 Å². The van der Waals surface area contributed by atoms with Gasteiger partial charge in [0.05, 0.1) is 25.6 Å². The molecule has 6 aliphatic carbocycles. The van der Waals surface area contributed by atoms with Gasteiger partial charge in [-0.1, -0.05) is 24.3 Å². The molecular formula is C39H46O7. The van der Waals surface area contributed by atoms with Gasteiger partial charge in [0.1, 0.15) is 61.2 Å². The van der Waals surface area contributed by atoms with Crippen LogP contribution in [0.3, 0.4) is 0 Å². The minimum absolute atomic E-state index is 0.238. The van der Waals surface area contributed by atoms with Crippen molar-refractivity contribution in [2.24, 2.45) is 35.5 Å². The van der Waals surface area contributed by atoms with Crippen molar-refractivity contribution in [2.45, 2.75) is 69.7 Å². The van der Waals surface area contributed by atoms with Crippen LogP contribution in [-0.4, -0.2) is 58.0 Å². The molecule has 0 N–H and O–H groups in total. The van der Waals surface area contributed by atoms with Crippen molar-refractivity contribution in [3.63, 3.8) is 0 Å². The fraction of sp³-hybridized carbons (Fsp3) is 0.590. The third-order valence-electron chi connectivity index (χ3n) is 11.1. The number of allylic oxidation sites excluding steroid dienone is 15. The molecule has 3 fully saturated rings. The van der Waals surface area contributed by atoms with Crippen LogP contribution in [0.4, 0.5) is 0 Å². The Hall–Kier alpha value is -3.00. The lowest BCUT2D eigenvalue weighted by Crippen LogP contribution is -2.29. The lowest BCUT2D eigenvalue weighted by atomic mass is 9.68. The number of ether oxygens (including phenoxy) is 7. The van der Waals surface area contributed by atoms with E-state index in [2.05, 4.69) is 54.7 Å². The summed E-state index contributed by atoms with van der Waals surface area (Å²) in [7, 11) is 0. The summed E-state index contributed by atoms with van der Waals surface area (Å²) in [6.45, 7) is 4.41. The van der Waals surface area contributed by atoms with Crippen LogP contribution in [-0.2, 0) is 33.2 Å². The van der Waals surface area contributed by atoms with E-state index in [4.69, 9.17) is 33.2 Å². The maximum atomic E-state index is 6.77. The Labute approximate surface area is 272 Å². The zero-order chi connectivity index (χ0) is 30.5. The fourth-order valence-corrected chi connectivity index (χ4v) is 8.18. The molecule has 244 valence electrons. The van der Waals surface area contributed by atoms with Crippen molar-refractivity contribution in [3.8, 4) is 0 Å². The summed E-state index contributed by atoms with van der Waals surface area (Å²) < 4.78 is 41.7. The zero-order valence-electron chi connectivity index (χ0n) is 26.6. The van der Waals surface area contributed by atoms with Gasteiger partial charge in [0.25, 0.3) is 0 Å². The number of hydrogen-bond acceptors (Lipinski definition) is 7. The molecule has 3 aliphatic heterocycles. The Morgan fingerprint density at radius 2 is 1.33 bits per heavy atom. The van der Waals surface area contributed by atoms with Gasteiger partial charge < -0.3 is 33.2 Å². The maximum absolute atomic E-state index is 6.77. The highest BCUT2D eigenvalue weighted by atomic mass is 16.6. The predicted molar refractivity (Wildman–Crippen MR) is 172 cm³/mol. The highest BCUT2D eigenvalue weighted by Gasteiger charge is 2.39. The number of hydrogen-bond donors (Lipinski definition) is 0. The molecule has 0 aromatic heterocycles. The molecule has 9 aliphatic rings. The molecule has 9 atom stereocenters. The number of epoxide rings is 3. The Bertz CT molecular complexity index is 1450. The first-order valence-corrected chi connectivity index (χ1v) is 17.7. The highest BCUT2D eigenvalue weighted by Crippen LogP contribution is 2.49. The molecule has 0 spiro atoms. The average molecular weight is 627 g/mol. The predicted octanol–water partition coefficient (Wildman–Crippen LogP) is 6.98. The van der Waals surface area contributed by atoms with E-state index < -0.39 is 0 Å². The third kappa shape index (κ3) is 6.69. The van der Waals surface area contributed by atoms with Crippen LogP contribution in [0.2, 0.25) is 0 Å². The van der Waals surface area contributed by atoms with Gasteiger partial charge in [-0.2, -0.15) is 0 Å². The number of fused-ring (bicyclic) bond motifs is 3. The van der Waals surface area contributed by atoms with Gasteiger partial charge in [-0.05, 0) is 79.4 Å². The third-order valence-corrected chi connectivity index (χ3v) is 11.1. The fourth-order valence-electron chi connectivity index (χ4n) is 8.18. The van der Waals surface area contributed by atoms with Gasteiger partial charge in [-0.15, -0.1) is 0 Å². The molecule has 0 radical (unpaired) electrons. The van der Waals surface area contributed by atoms with Crippen molar-refractivity contribution in [3.05, 3.63) is 94.6 Å². The molecule has 3 heterocycles. The number of rotatable bonds is 12. The van der Waals surface area contributed by atoms with Crippen LogP contribution >= 0.6 is 0 Å². The largest absolute Gasteiger partial charge is 0.495 e. The van der Waals surface area contributed by atoms with Gasteiger partial charge in [0, 0.05) is 49.0 Å². The SMILES string of the molecule is C1=CC2C=CC(C3=C(OCC4CO4)CCC4CC=C(OC5=CC6C=C(OCC7CO7)CCC6CC5)CC34)=CC2C=C1OCC1CO1. The molecule has 9 rings (SSSR count). The first kappa shape index (κ1) is 29.2. The van der Waals surface area contributed by atoms with Crippen molar-refractivity contribution in [1.29, 1.82) is 0 Å². The van der Waals surface area contributed by atoms with Crippen LogP contribution in [0.5, 0.6) is 0 Å². The van der Waals surface area contributed by atoms with E-state index in [0.717, 1.165) is 87.1 Å². The maximum Gasteiger partial charge on any atom is 0.117 e. The minimum atomic E-state index is 0.238. The summed E-state index contributed by atoms with van der Waals surface area (Å²) in [5.41, 5.74) is 2.68. The average Bonchev–Trinajstić information content (AvgIpc) is 3.93. The second kappa shape index (κ2) is 12.6. The smallest absolute Gasteiger partial charge is 0.117 e. The summed E-state index contributed by atoms with van der Waals surface area (Å²) in [6, 6.07) is 0. The standard InChI is InChI=1S/C39H46O7/c1-2-27(13-28-14-30(8-3-24(1)28)40-18-34-20-42-34)39-37-17-33(11-6-26(37)7-12-38(39)45-23-36-22-44-36)46-32-10-5-25-4-9-31(15-29(25)16-32)41-19-35-21-43-35/h1-3,8,11,13-16,24-26,28-29,34-37H,4-7,9-10,12,17-23H2. The van der Waals surface area contributed by atoms with E-state index >= 15 is 0 Å². The van der Waals surface area contributed by atoms with Crippen molar-refractivity contribution in [1.82, 2.24) is 0 Å². The normalized spacial score (nSPS) is 38.5. The summed E-state index contributed by atoms with van der Waals surface area (Å²) in [5, 5.41) is 0. The molecular weight excluding hydrogens is 580 g/mol. The van der Waals surface area contributed by atoms with E-state index in [1.54, 1.807) is 0 Å². The highest BCUT2D eigenvalue weighted by molar-refractivity contribution is 5.49. The molecule has 0 saturated carbocycles. The lowest BCUT2D eigenvalue weighted by molar-refractivity contribution is 0.140. The second-order valence-electron chi connectivity index (χ2n) is 14.5. The first-order valence-electron chi connectivity index (χ1n) is 17.7. The Morgan fingerprint density at radius 3 is 2.13 bits per heavy atom. The van der Waals surface area contributed by atoms with E-state index in [1.165, 1.54) is 24.0 Å². The molecule has 0 aromatic rings. The van der Waals surface area contributed by atoms with E-state index in [9.17, 15) is 0 Å². The summed E-state index contributed by atoms with van der Waals surface area (Å²) in [4.78, 5) is 0. The van der Waals surface area contributed by atoms with Crippen LogP contribution in [0.1, 0.15) is 51.4 Å². The summed E-state index contributed by atoms with van der Waals surface area (Å²) in [6.07, 6.45) is 30.2. The van der Waals surface area contributed by atoms with Crippen LogP contribution in [0.25, 0.3) is 0 Å². The van der Waals surface area contributed by atoms with Gasteiger partial charge in [0.2, 0.25) is 0 Å². The van der Waals surface area contributed by atoms with E-state index in [0.29, 0.717) is 55.5 Å². The summed E-state index contributed by atoms with van der Waals surface area (Å²) in [5.74, 6) is 8.15. The van der Waals surface area contributed by atoms with E-state index in [-0.39, 0.29) is 18.1 Å². The van der Waals surface area contributed by atoms with Gasteiger partial charge in [-0.3, -0.25) is 0 Å². The molecule has 3 saturated heterocycles. The van der Waals surface area contributed by atoms with Crippen LogP contribution in [0.15, 0.2) is 94.6 Å². The van der Waals surface area contributed by atoms with Crippen molar-refractivity contribution >= 4 is 0 Å². The second-order valence-corrected chi connectivity index (χ2v) is 14.5. The van der Waals surface area contributed by atoms with Gasteiger partial charge in [-0.25, -0.2) is 0 Å². The quantitative estimate of drug-likeness (QED) is 0.217. The molecule has 7 heteroatoms. The van der Waals surface area contributed by atoms with Gasteiger partial charge >= 0.3 is 0 Å².